The second kappa shape index (κ2) is 2.92. The molecule has 3 aliphatic rings. The van der Waals surface area contributed by atoms with Crippen LogP contribution in [0.3, 0.4) is 0 Å². The molecule has 0 bridgehead atoms. The Kier molecular flexibility index (Phi) is 1.69. The third-order valence-electron chi connectivity index (χ3n) is 3.20. The number of hydrogen-bond acceptors (Lipinski definition) is 2. The number of fused-ring (bicyclic) bond motifs is 2. The third kappa shape index (κ3) is 1.12. The highest BCUT2D eigenvalue weighted by Crippen LogP contribution is 2.37. The molecule has 0 aromatic heterocycles. The molecule has 3 nitrogen and oxygen atoms in total. The van der Waals surface area contributed by atoms with Crippen LogP contribution in [0.4, 0.5) is 0 Å². The molecule has 0 saturated carbocycles. The van der Waals surface area contributed by atoms with E-state index in [9.17, 15) is 9.59 Å². The maximum atomic E-state index is 12.0. The van der Waals surface area contributed by atoms with Crippen LogP contribution in [-0.2, 0) is 9.59 Å². The first-order valence-corrected chi connectivity index (χ1v) is 5.18. The van der Waals surface area contributed by atoms with E-state index in [0.717, 1.165) is 11.3 Å². The van der Waals surface area contributed by atoms with E-state index in [1.807, 2.05) is 24.3 Å². The van der Waals surface area contributed by atoms with Gasteiger partial charge in [-0.1, -0.05) is 24.3 Å². The van der Waals surface area contributed by atoms with E-state index in [4.69, 9.17) is 0 Å². The summed E-state index contributed by atoms with van der Waals surface area (Å²) in [5.41, 5.74) is 1.96. The molecule has 2 heterocycles. The van der Waals surface area contributed by atoms with Gasteiger partial charge in [-0.25, -0.2) is 0 Å². The summed E-state index contributed by atoms with van der Waals surface area (Å²) < 4.78 is 0. The van der Waals surface area contributed by atoms with Crippen molar-refractivity contribution >= 4 is 11.7 Å². The zero-order valence-corrected chi connectivity index (χ0v) is 8.27. The lowest BCUT2D eigenvalue weighted by Gasteiger charge is -2.24. The molecular formula is C12H11NO2. The molecule has 0 N–H and O–H groups in total. The molecular weight excluding hydrogens is 190 g/mol. The van der Waals surface area contributed by atoms with Gasteiger partial charge in [0.2, 0.25) is 5.91 Å². The van der Waals surface area contributed by atoms with Crippen molar-refractivity contribution in [1.82, 2.24) is 4.90 Å². The van der Waals surface area contributed by atoms with Crippen LogP contribution in [-0.4, -0.2) is 23.1 Å². The van der Waals surface area contributed by atoms with Crippen LogP contribution in [0, 0.1) is 5.92 Å². The first-order valence-electron chi connectivity index (χ1n) is 5.18. The van der Waals surface area contributed by atoms with Gasteiger partial charge in [0.25, 0.3) is 0 Å². The highest BCUT2D eigenvalue weighted by Gasteiger charge is 2.40. The van der Waals surface area contributed by atoms with Crippen molar-refractivity contribution in [2.75, 3.05) is 6.54 Å². The van der Waals surface area contributed by atoms with E-state index < -0.39 is 0 Å². The number of allylic oxidation sites excluding steroid dienone is 4. The maximum absolute atomic E-state index is 12.0. The number of ketones is 1. The molecule has 0 aromatic rings. The maximum Gasteiger partial charge on any atom is 0.238 e. The minimum absolute atomic E-state index is 0.129. The van der Waals surface area contributed by atoms with E-state index in [1.165, 1.54) is 0 Å². The van der Waals surface area contributed by atoms with Crippen molar-refractivity contribution in [3.8, 4) is 0 Å². The lowest BCUT2D eigenvalue weighted by molar-refractivity contribution is -0.131. The SMILES string of the molecule is O=C1CCN2C(=O)C3C=CC=CC3=C2C1. The highest BCUT2D eigenvalue weighted by atomic mass is 16.2. The predicted octanol–water partition coefficient (Wildman–Crippen LogP) is 1.19. The van der Waals surface area contributed by atoms with Crippen LogP contribution < -0.4 is 0 Å². The molecule has 2 aliphatic heterocycles. The van der Waals surface area contributed by atoms with Gasteiger partial charge in [0.05, 0.1) is 5.92 Å². The standard InChI is InChI=1S/C12H11NO2/c14-8-5-6-13-11(7-8)9-3-1-2-4-10(9)12(13)15/h1-4,10H,5-7H2. The molecule has 1 saturated heterocycles. The summed E-state index contributed by atoms with van der Waals surface area (Å²) in [6, 6.07) is 0. The van der Waals surface area contributed by atoms with Crippen LogP contribution in [0.2, 0.25) is 0 Å². The molecule has 1 atom stereocenters. The van der Waals surface area contributed by atoms with Gasteiger partial charge in [-0.05, 0) is 5.57 Å². The quantitative estimate of drug-likeness (QED) is 0.590. The summed E-state index contributed by atoms with van der Waals surface area (Å²) in [6.45, 7) is 0.564. The zero-order valence-electron chi connectivity index (χ0n) is 8.27. The normalized spacial score (nSPS) is 28.5. The van der Waals surface area contributed by atoms with Crippen molar-refractivity contribution < 1.29 is 9.59 Å². The van der Waals surface area contributed by atoms with E-state index in [-0.39, 0.29) is 17.6 Å². The molecule has 0 spiro atoms. The zero-order chi connectivity index (χ0) is 10.4. The summed E-state index contributed by atoms with van der Waals surface area (Å²) in [4.78, 5) is 25.1. The summed E-state index contributed by atoms with van der Waals surface area (Å²) in [7, 11) is 0. The number of carbonyl (C=O) groups excluding carboxylic acids is 2. The predicted molar refractivity (Wildman–Crippen MR) is 54.8 cm³/mol. The fourth-order valence-electron chi connectivity index (χ4n) is 2.44. The smallest absolute Gasteiger partial charge is 0.238 e. The number of carbonyl (C=O) groups is 2. The Morgan fingerprint density at radius 2 is 2.13 bits per heavy atom. The van der Waals surface area contributed by atoms with Gasteiger partial charge < -0.3 is 4.90 Å². The van der Waals surface area contributed by atoms with Crippen molar-refractivity contribution in [2.45, 2.75) is 12.8 Å². The lowest BCUT2D eigenvalue weighted by atomic mass is 9.94. The fourth-order valence-corrected chi connectivity index (χ4v) is 2.44. The average molecular weight is 201 g/mol. The van der Waals surface area contributed by atoms with Crippen molar-refractivity contribution in [3.63, 3.8) is 0 Å². The van der Waals surface area contributed by atoms with Gasteiger partial charge in [-0.3, -0.25) is 9.59 Å². The molecule has 0 radical (unpaired) electrons. The monoisotopic (exact) mass is 201 g/mol. The van der Waals surface area contributed by atoms with Crippen LogP contribution in [0.25, 0.3) is 0 Å². The number of rotatable bonds is 0. The Morgan fingerprint density at radius 1 is 1.27 bits per heavy atom. The lowest BCUT2D eigenvalue weighted by Crippen LogP contribution is -2.34. The van der Waals surface area contributed by atoms with Crippen LogP contribution in [0.5, 0.6) is 0 Å². The number of nitrogens with zero attached hydrogens (tertiary/aromatic N) is 1. The summed E-state index contributed by atoms with van der Waals surface area (Å²) in [6.07, 6.45) is 8.62. The van der Waals surface area contributed by atoms with Gasteiger partial charge in [0, 0.05) is 25.1 Å². The van der Waals surface area contributed by atoms with Gasteiger partial charge in [-0.15, -0.1) is 0 Å². The topological polar surface area (TPSA) is 37.4 Å². The van der Waals surface area contributed by atoms with E-state index >= 15 is 0 Å². The van der Waals surface area contributed by atoms with E-state index in [1.54, 1.807) is 4.90 Å². The molecule has 1 amide bonds. The van der Waals surface area contributed by atoms with E-state index in [0.29, 0.717) is 19.4 Å². The molecule has 15 heavy (non-hydrogen) atoms. The Labute approximate surface area is 87.8 Å². The molecule has 3 heteroatoms. The van der Waals surface area contributed by atoms with Gasteiger partial charge >= 0.3 is 0 Å². The van der Waals surface area contributed by atoms with Crippen LogP contribution in [0.1, 0.15) is 12.8 Å². The summed E-state index contributed by atoms with van der Waals surface area (Å²) in [5.74, 6) is 0.245. The molecule has 1 unspecified atom stereocenters. The number of hydrogen-bond donors (Lipinski definition) is 0. The second-order valence-corrected chi connectivity index (χ2v) is 4.08. The first-order chi connectivity index (χ1) is 7.27. The van der Waals surface area contributed by atoms with Gasteiger partial charge in [0.15, 0.2) is 0 Å². The van der Waals surface area contributed by atoms with Crippen molar-refractivity contribution in [1.29, 1.82) is 0 Å². The molecule has 3 rings (SSSR count). The van der Waals surface area contributed by atoms with Crippen LogP contribution >= 0.6 is 0 Å². The fraction of sp³-hybridized carbons (Fsp3) is 0.333. The van der Waals surface area contributed by atoms with Crippen LogP contribution in [0.15, 0.2) is 35.6 Å². The second-order valence-electron chi connectivity index (χ2n) is 4.08. The van der Waals surface area contributed by atoms with Gasteiger partial charge in [0.1, 0.15) is 5.78 Å². The molecule has 0 aromatic carbocycles. The Balaban J connectivity index is 2.08. The minimum atomic E-state index is -0.129. The Hall–Kier alpha value is -1.64. The number of piperidine rings is 1. The minimum Gasteiger partial charge on any atom is -0.314 e. The van der Waals surface area contributed by atoms with Crippen molar-refractivity contribution in [3.05, 3.63) is 35.6 Å². The summed E-state index contributed by atoms with van der Waals surface area (Å²) in [5, 5.41) is 0. The highest BCUT2D eigenvalue weighted by molar-refractivity contribution is 5.94. The summed E-state index contributed by atoms with van der Waals surface area (Å²) >= 11 is 0. The van der Waals surface area contributed by atoms with Gasteiger partial charge in [-0.2, -0.15) is 0 Å². The largest absolute Gasteiger partial charge is 0.314 e. The molecule has 1 aliphatic carbocycles. The number of amides is 1. The average Bonchev–Trinajstić information content (AvgIpc) is 2.54. The van der Waals surface area contributed by atoms with Crippen molar-refractivity contribution in [2.24, 2.45) is 5.92 Å². The first kappa shape index (κ1) is 8.65. The Morgan fingerprint density at radius 3 is 3.00 bits per heavy atom. The molecule has 76 valence electrons. The number of Topliss-reactive ketones (excluding diaryl/α,β-unsaturated/α-hetero) is 1. The molecule has 1 fully saturated rings. The third-order valence-corrected chi connectivity index (χ3v) is 3.20. The van der Waals surface area contributed by atoms with E-state index in [2.05, 4.69) is 0 Å². The Bertz CT molecular complexity index is 443.